The van der Waals surface area contributed by atoms with Crippen molar-refractivity contribution in [1.82, 2.24) is 15.2 Å². The molecular formula is C14H16ClN5O2S. The average molecular weight is 354 g/mol. The molecule has 1 aliphatic rings. The normalized spacial score (nSPS) is 19.4. The third-order valence-electron chi connectivity index (χ3n) is 3.51. The molecule has 0 bridgehead atoms. The van der Waals surface area contributed by atoms with Gasteiger partial charge in [0.25, 0.3) is 0 Å². The molecule has 1 aliphatic heterocycles. The molecule has 1 aromatic carbocycles. The number of benzene rings is 1. The Morgan fingerprint density at radius 2 is 2.04 bits per heavy atom. The largest absolute Gasteiger partial charge is 0.365 e. The summed E-state index contributed by atoms with van der Waals surface area (Å²) in [6.45, 7) is 0.576. The van der Waals surface area contributed by atoms with Crippen molar-refractivity contribution in [2.24, 2.45) is 0 Å². The summed E-state index contributed by atoms with van der Waals surface area (Å²) in [6.07, 6.45) is 2.08. The van der Waals surface area contributed by atoms with Crippen LogP contribution in [0.3, 0.4) is 0 Å². The van der Waals surface area contributed by atoms with Gasteiger partial charge in [-0.2, -0.15) is 10.1 Å². The van der Waals surface area contributed by atoms with Gasteiger partial charge in [0.15, 0.2) is 15.7 Å². The predicted molar refractivity (Wildman–Crippen MR) is 89.3 cm³/mol. The van der Waals surface area contributed by atoms with Crippen molar-refractivity contribution >= 4 is 33.2 Å². The molecule has 0 saturated carbocycles. The van der Waals surface area contributed by atoms with Crippen LogP contribution >= 0.6 is 11.6 Å². The van der Waals surface area contributed by atoms with Gasteiger partial charge in [0.1, 0.15) is 0 Å². The van der Waals surface area contributed by atoms with Gasteiger partial charge in [-0.15, -0.1) is 5.10 Å². The van der Waals surface area contributed by atoms with Gasteiger partial charge in [0.05, 0.1) is 17.7 Å². The van der Waals surface area contributed by atoms with Gasteiger partial charge < -0.3 is 10.6 Å². The van der Waals surface area contributed by atoms with Crippen molar-refractivity contribution in [3.63, 3.8) is 0 Å². The quantitative estimate of drug-likeness (QED) is 0.844. The molecule has 0 spiro atoms. The highest BCUT2D eigenvalue weighted by molar-refractivity contribution is 7.91. The minimum absolute atomic E-state index is 0.110. The first kappa shape index (κ1) is 15.9. The first-order valence-corrected chi connectivity index (χ1v) is 9.35. The van der Waals surface area contributed by atoms with E-state index < -0.39 is 9.84 Å². The van der Waals surface area contributed by atoms with Crippen LogP contribution in [0, 0.1) is 0 Å². The molecule has 2 heterocycles. The van der Waals surface area contributed by atoms with Gasteiger partial charge in [-0.1, -0.05) is 23.7 Å². The summed E-state index contributed by atoms with van der Waals surface area (Å²) in [4.78, 5) is 4.30. The number of halogens is 1. The van der Waals surface area contributed by atoms with Gasteiger partial charge in [0, 0.05) is 17.6 Å². The Morgan fingerprint density at radius 3 is 2.74 bits per heavy atom. The fourth-order valence-electron chi connectivity index (χ4n) is 2.34. The van der Waals surface area contributed by atoms with Crippen LogP contribution in [-0.2, 0) is 16.4 Å². The molecular weight excluding hydrogens is 338 g/mol. The average Bonchev–Trinajstić information content (AvgIpc) is 2.86. The molecule has 1 aromatic heterocycles. The van der Waals surface area contributed by atoms with Crippen molar-refractivity contribution in [3.8, 4) is 0 Å². The third-order valence-corrected chi connectivity index (χ3v) is 5.53. The van der Waals surface area contributed by atoms with Crippen LogP contribution in [0.1, 0.15) is 12.0 Å². The molecule has 1 saturated heterocycles. The van der Waals surface area contributed by atoms with E-state index >= 15 is 0 Å². The number of rotatable bonds is 5. The number of hydrogen-bond acceptors (Lipinski definition) is 7. The lowest BCUT2D eigenvalue weighted by Gasteiger charge is -2.11. The van der Waals surface area contributed by atoms with Crippen LogP contribution < -0.4 is 10.6 Å². The Bertz CT molecular complexity index is 782. The van der Waals surface area contributed by atoms with Crippen molar-refractivity contribution in [2.45, 2.75) is 19.0 Å². The Hall–Kier alpha value is -1.93. The van der Waals surface area contributed by atoms with E-state index in [1.165, 1.54) is 6.20 Å². The van der Waals surface area contributed by atoms with Crippen LogP contribution in [0.4, 0.5) is 11.8 Å². The fraction of sp³-hybridized carbons (Fsp3) is 0.357. The smallest absolute Gasteiger partial charge is 0.244 e. The maximum absolute atomic E-state index is 11.5. The molecule has 1 fully saturated rings. The molecule has 7 nitrogen and oxygen atoms in total. The monoisotopic (exact) mass is 353 g/mol. The second-order valence-corrected chi connectivity index (χ2v) is 8.05. The fourth-order valence-corrected chi connectivity index (χ4v) is 4.14. The van der Waals surface area contributed by atoms with Crippen LogP contribution in [0.15, 0.2) is 30.5 Å². The first-order valence-electron chi connectivity index (χ1n) is 7.15. The van der Waals surface area contributed by atoms with E-state index in [2.05, 4.69) is 25.8 Å². The molecule has 1 unspecified atom stereocenters. The molecule has 3 rings (SSSR count). The van der Waals surface area contributed by atoms with Crippen molar-refractivity contribution in [1.29, 1.82) is 0 Å². The number of nitrogens with one attached hydrogen (secondary N) is 2. The van der Waals surface area contributed by atoms with Crippen molar-refractivity contribution in [3.05, 3.63) is 41.0 Å². The minimum atomic E-state index is -2.94. The second kappa shape index (κ2) is 6.67. The highest BCUT2D eigenvalue weighted by Crippen LogP contribution is 2.16. The molecule has 23 heavy (non-hydrogen) atoms. The Balaban J connectivity index is 1.60. The molecule has 2 aromatic rings. The summed E-state index contributed by atoms with van der Waals surface area (Å²) < 4.78 is 22.9. The maximum Gasteiger partial charge on any atom is 0.244 e. The molecule has 0 aliphatic carbocycles. The molecule has 0 radical (unpaired) electrons. The lowest BCUT2D eigenvalue weighted by atomic mass is 10.2. The summed E-state index contributed by atoms with van der Waals surface area (Å²) in [5.41, 5.74) is 1.06. The van der Waals surface area contributed by atoms with Gasteiger partial charge >= 0.3 is 0 Å². The zero-order valence-electron chi connectivity index (χ0n) is 12.2. The number of anilines is 2. The number of sulfone groups is 1. The lowest BCUT2D eigenvalue weighted by Crippen LogP contribution is -2.22. The van der Waals surface area contributed by atoms with Crippen LogP contribution in [-0.4, -0.2) is 41.1 Å². The molecule has 0 amide bonds. The van der Waals surface area contributed by atoms with Gasteiger partial charge in [-0.05, 0) is 24.1 Å². The lowest BCUT2D eigenvalue weighted by molar-refractivity contribution is 0.602. The van der Waals surface area contributed by atoms with E-state index in [1.54, 1.807) is 0 Å². The summed E-state index contributed by atoms with van der Waals surface area (Å²) in [6, 6.07) is 7.33. The summed E-state index contributed by atoms with van der Waals surface area (Å²) in [7, 11) is -2.94. The topological polar surface area (TPSA) is 96.9 Å². The Labute approximate surface area is 139 Å². The highest BCUT2D eigenvalue weighted by Gasteiger charge is 2.28. The van der Waals surface area contributed by atoms with E-state index in [4.69, 9.17) is 11.6 Å². The number of hydrogen-bond donors (Lipinski definition) is 2. The molecule has 2 N–H and O–H groups in total. The van der Waals surface area contributed by atoms with E-state index in [9.17, 15) is 8.42 Å². The zero-order valence-corrected chi connectivity index (χ0v) is 13.8. The highest BCUT2D eigenvalue weighted by atomic mass is 35.5. The van der Waals surface area contributed by atoms with E-state index in [0.29, 0.717) is 29.8 Å². The minimum Gasteiger partial charge on any atom is -0.365 e. The van der Waals surface area contributed by atoms with E-state index in [-0.39, 0.29) is 17.5 Å². The van der Waals surface area contributed by atoms with Crippen LogP contribution in [0.2, 0.25) is 5.02 Å². The van der Waals surface area contributed by atoms with E-state index in [0.717, 1.165) is 5.56 Å². The van der Waals surface area contributed by atoms with Crippen molar-refractivity contribution in [2.75, 3.05) is 22.1 Å². The molecule has 1 atom stereocenters. The first-order chi connectivity index (χ1) is 11.0. The number of aromatic nitrogens is 3. The van der Waals surface area contributed by atoms with Crippen LogP contribution in [0.5, 0.6) is 0 Å². The molecule has 122 valence electrons. The van der Waals surface area contributed by atoms with Crippen molar-refractivity contribution < 1.29 is 8.42 Å². The number of nitrogens with zero attached hydrogens (tertiary/aromatic N) is 3. The van der Waals surface area contributed by atoms with Gasteiger partial charge in [-0.3, -0.25) is 0 Å². The maximum atomic E-state index is 11.5. The second-order valence-electron chi connectivity index (χ2n) is 5.39. The Kier molecular flexibility index (Phi) is 4.63. The van der Waals surface area contributed by atoms with Gasteiger partial charge in [-0.25, -0.2) is 8.42 Å². The molecule has 9 heteroatoms. The van der Waals surface area contributed by atoms with Crippen LogP contribution in [0.25, 0.3) is 0 Å². The predicted octanol–water partition coefficient (Wildman–Crippen LogP) is 1.74. The Morgan fingerprint density at radius 1 is 1.26 bits per heavy atom. The summed E-state index contributed by atoms with van der Waals surface area (Å²) >= 11 is 5.85. The standard InChI is InChI=1S/C14H16ClN5O2S/c15-11-3-1-10(2-4-11)7-16-13-8-17-20-14(19-13)18-12-5-6-23(21,22)9-12/h1-4,8,12H,5-7,9H2,(H2,16,18,19,20). The van der Waals surface area contributed by atoms with Gasteiger partial charge in [0.2, 0.25) is 5.95 Å². The zero-order chi connectivity index (χ0) is 16.3. The SMILES string of the molecule is O=S1(=O)CCC(Nc2nncc(NCc3ccc(Cl)cc3)n2)C1. The third kappa shape index (κ3) is 4.52. The summed E-state index contributed by atoms with van der Waals surface area (Å²) in [5, 5.41) is 14.6. The summed E-state index contributed by atoms with van der Waals surface area (Å²) in [5.74, 6) is 1.21. The van der Waals surface area contributed by atoms with E-state index in [1.807, 2.05) is 24.3 Å².